The van der Waals surface area contributed by atoms with Gasteiger partial charge in [-0.25, -0.2) is 0 Å². The highest BCUT2D eigenvalue weighted by Gasteiger charge is 1.75. The Labute approximate surface area is 62.3 Å². The fraction of sp³-hybridized carbons (Fsp3) is 0.429. The van der Waals surface area contributed by atoms with Gasteiger partial charge in [0.2, 0.25) is 0 Å². The molecule has 3 nitrogen and oxygen atoms in total. The van der Waals surface area contributed by atoms with Crippen LogP contribution in [-0.2, 0) is 4.74 Å². The Bertz CT molecular complexity index is 99.8. The minimum absolute atomic E-state index is 0.409. The number of rotatable bonds is 2. The zero-order chi connectivity index (χ0) is 8.41. The Balaban J connectivity index is 0. The van der Waals surface area contributed by atoms with E-state index in [1.807, 2.05) is 0 Å². The van der Waals surface area contributed by atoms with E-state index in [4.69, 9.17) is 11.5 Å². The Morgan fingerprint density at radius 3 is 2.10 bits per heavy atom. The summed E-state index contributed by atoms with van der Waals surface area (Å²) in [7, 11) is 3.25. The molecule has 0 bridgehead atoms. The number of hydrogen-bond donors (Lipinski definition) is 2. The maximum absolute atomic E-state index is 5.25. The second-order valence-corrected chi connectivity index (χ2v) is 1.59. The normalized spacial score (nSPS) is 9.70. The van der Waals surface area contributed by atoms with Crippen molar-refractivity contribution in [3.8, 4) is 0 Å². The molecule has 0 fully saturated rings. The van der Waals surface area contributed by atoms with Gasteiger partial charge in [-0.3, -0.25) is 0 Å². The molecule has 0 aromatic carbocycles. The second-order valence-electron chi connectivity index (χ2n) is 1.59. The van der Waals surface area contributed by atoms with Gasteiger partial charge in [-0.15, -0.1) is 0 Å². The molecule has 0 saturated heterocycles. The van der Waals surface area contributed by atoms with E-state index in [1.165, 1.54) is 0 Å². The summed E-state index contributed by atoms with van der Waals surface area (Å²) in [4.78, 5) is 0. The van der Waals surface area contributed by atoms with Gasteiger partial charge in [-0.1, -0.05) is 12.7 Å². The molecule has 3 heteroatoms. The Hall–Kier alpha value is -0.800. The highest BCUT2D eigenvalue weighted by molar-refractivity contribution is 5.07. The van der Waals surface area contributed by atoms with E-state index in [-0.39, 0.29) is 0 Å². The molecule has 0 amide bonds. The summed E-state index contributed by atoms with van der Waals surface area (Å²) in [6.45, 7) is 3.85. The van der Waals surface area contributed by atoms with Gasteiger partial charge >= 0.3 is 0 Å². The van der Waals surface area contributed by atoms with Gasteiger partial charge in [0.25, 0.3) is 0 Å². The summed E-state index contributed by atoms with van der Waals surface area (Å²) in [5.74, 6) is 0. The highest BCUT2D eigenvalue weighted by Crippen LogP contribution is 1.76. The van der Waals surface area contributed by atoms with Crippen molar-refractivity contribution >= 4 is 0 Å². The standard InChI is InChI=1S/C5H10N2.C2H6O/c1-2-3-5(7)4-6;1-3-2/h2-3H,1,4,6-7H2;1-2H3/b5-3+;. The van der Waals surface area contributed by atoms with E-state index in [0.29, 0.717) is 12.2 Å². The van der Waals surface area contributed by atoms with E-state index < -0.39 is 0 Å². The number of methoxy groups -OCH3 is 1. The molecular weight excluding hydrogens is 128 g/mol. The minimum atomic E-state index is 0.409. The molecule has 0 saturated carbocycles. The van der Waals surface area contributed by atoms with Gasteiger partial charge in [0.05, 0.1) is 0 Å². The highest BCUT2D eigenvalue weighted by atomic mass is 16.4. The average Bonchev–Trinajstić information content (AvgIpc) is 1.90. The summed E-state index contributed by atoms with van der Waals surface area (Å²) in [6.07, 6.45) is 3.29. The van der Waals surface area contributed by atoms with Crippen molar-refractivity contribution in [3.05, 3.63) is 24.4 Å². The first-order valence-electron chi connectivity index (χ1n) is 2.90. The predicted octanol–water partition coefficient (Wildman–Crippen LogP) is 0.236. The van der Waals surface area contributed by atoms with Gasteiger partial charge in [0, 0.05) is 26.5 Å². The van der Waals surface area contributed by atoms with Gasteiger partial charge in [-0.2, -0.15) is 0 Å². The molecule has 0 aromatic rings. The van der Waals surface area contributed by atoms with Crippen LogP contribution in [0.25, 0.3) is 0 Å². The fourth-order valence-corrected chi connectivity index (χ4v) is 0.219. The molecule has 60 valence electrons. The Kier molecular flexibility index (Phi) is 13.2. The van der Waals surface area contributed by atoms with Crippen LogP contribution in [0.3, 0.4) is 0 Å². The largest absolute Gasteiger partial charge is 0.401 e. The van der Waals surface area contributed by atoms with Crippen LogP contribution in [0.4, 0.5) is 0 Å². The van der Waals surface area contributed by atoms with E-state index >= 15 is 0 Å². The third-order valence-electron chi connectivity index (χ3n) is 0.568. The predicted molar refractivity (Wildman–Crippen MR) is 44.5 cm³/mol. The molecule has 0 spiro atoms. The lowest BCUT2D eigenvalue weighted by molar-refractivity contribution is 0.277. The van der Waals surface area contributed by atoms with Gasteiger partial charge < -0.3 is 16.2 Å². The summed E-state index contributed by atoms with van der Waals surface area (Å²) < 4.78 is 4.25. The van der Waals surface area contributed by atoms with Crippen molar-refractivity contribution in [2.75, 3.05) is 20.8 Å². The van der Waals surface area contributed by atoms with Crippen LogP contribution >= 0.6 is 0 Å². The van der Waals surface area contributed by atoms with E-state index in [1.54, 1.807) is 26.4 Å². The molecule has 0 rings (SSSR count). The summed E-state index contributed by atoms with van der Waals surface area (Å²) >= 11 is 0. The van der Waals surface area contributed by atoms with Crippen LogP contribution in [-0.4, -0.2) is 20.8 Å². The third-order valence-corrected chi connectivity index (χ3v) is 0.568. The van der Waals surface area contributed by atoms with Gasteiger partial charge in [0.15, 0.2) is 0 Å². The molecule has 4 N–H and O–H groups in total. The van der Waals surface area contributed by atoms with Crippen molar-refractivity contribution in [2.24, 2.45) is 11.5 Å². The van der Waals surface area contributed by atoms with Crippen LogP contribution in [0.15, 0.2) is 24.4 Å². The molecule has 0 heterocycles. The first-order chi connectivity index (χ1) is 4.72. The third kappa shape index (κ3) is 15.7. The summed E-state index contributed by atoms with van der Waals surface area (Å²) in [6, 6.07) is 0. The second kappa shape index (κ2) is 11.1. The molecule has 0 aliphatic heterocycles. The molecule has 0 aliphatic carbocycles. The molecule has 0 atom stereocenters. The average molecular weight is 144 g/mol. The van der Waals surface area contributed by atoms with Crippen molar-refractivity contribution < 1.29 is 4.74 Å². The quantitative estimate of drug-likeness (QED) is 0.546. The van der Waals surface area contributed by atoms with Gasteiger partial charge in [0.1, 0.15) is 0 Å². The fourth-order valence-electron chi connectivity index (χ4n) is 0.219. The number of nitrogens with two attached hydrogens (primary N) is 2. The lowest BCUT2D eigenvalue weighted by atomic mass is 10.4. The first kappa shape index (κ1) is 11.9. The topological polar surface area (TPSA) is 61.3 Å². The maximum atomic E-state index is 5.25. The van der Waals surface area contributed by atoms with Crippen molar-refractivity contribution in [1.29, 1.82) is 0 Å². The van der Waals surface area contributed by atoms with Gasteiger partial charge in [-0.05, 0) is 6.08 Å². The molecular formula is C7H16N2O. The van der Waals surface area contributed by atoms with Crippen molar-refractivity contribution in [1.82, 2.24) is 0 Å². The maximum Gasteiger partial charge on any atom is 0.0351 e. The van der Waals surface area contributed by atoms with E-state index in [0.717, 1.165) is 0 Å². The summed E-state index contributed by atoms with van der Waals surface area (Å²) in [5, 5.41) is 0. The lowest BCUT2D eigenvalue weighted by Crippen LogP contribution is -2.10. The smallest absolute Gasteiger partial charge is 0.0351 e. The van der Waals surface area contributed by atoms with Crippen LogP contribution in [0, 0.1) is 0 Å². The zero-order valence-electron chi connectivity index (χ0n) is 6.63. The molecule has 0 aromatic heterocycles. The minimum Gasteiger partial charge on any atom is -0.401 e. The number of hydrogen-bond acceptors (Lipinski definition) is 3. The lowest BCUT2D eigenvalue weighted by Gasteiger charge is -1.87. The van der Waals surface area contributed by atoms with E-state index in [9.17, 15) is 0 Å². The Morgan fingerprint density at radius 2 is 2.00 bits per heavy atom. The molecule has 0 unspecified atom stereocenters. The number of allylic oxidation sites excluding steroid dienone is 2. The molecule has 0 aliphatic rings. The van der Waals surface area contributed by atoms with Crippen LogP contribution < -0.4 is 11.5 Å². The van der Waals surface area contributed by atoms with Crippen LogP contribution in [0.2, 0.25) is 0 Å². The summed E-state index contributed by atoms with van der Waals surface area (Å²) in [5.41, 5.74) is 11.0. The van der Waals surface area contributed by atoms with Crippen molar-refractivity contribution in [3.63, 3.8) is 0 Å². The van der Waals surface area contributed by atoms with Crippen molar-refractivity contribution in [2.45, 2.75) is 0 Å². The zero-order valence-corrected chi connectivity index (χ0v) is 6.63. The van der Waals surface area contributed by atoms with Crippen LogP contribution in [0.1, 0.15) is 0 Å². The first-order valence-corrected chi connectivity index (χ1v) is 2.90. The van der Waals surface area contributed by atoms with Crippen LogP contribution in [0.5, 0.6) is 0 Å². The number of ether oxygens (including phenoxy) is 1. The Morgan fingerprint density at radius 1 is 1.60 bits per heavy atom. The SMILES string of the molecule is C=C/C=C(/N)CN.COC. The molecule has 10 heavy (non-hydrogen) atoms. The molecule has 0 radical (unpaired) electrons. The van der Waals surface area contributed by atoms with E-state index in [2.05, 4.69) is 11.3 Å². The monoisotopic (exact) mass is 144 g/mol.